The monoisotopic (exact) mass is 314 g/mol. The predicted molar refractivity (Wildman–Crippen MR) is 73.2 cm³/mol. The van der Waals surface area contributed by atoms with E-state index < -0.39 is 0 Å². The van der Waals surface area contributed by atoms with Crippen molar-refractivity contribution in [3.8, 4) is 11.3 Å². The maximum atomic E-state index is 6.17. The zero-order valence-electron chi connectivity index (χ0n) is 9.50. The molecule has 0 aliphatic heterocycles. The third-order valence-electron chi connectivity index (χ3n) is 2.52. The average molecular weight is 316 g/mol. The summed E-state index contributed by atoms with van der Waals surface area (Å²) in [6, 6.07) is 5.60. The molecule has 0 aliphatic carbocycles. The van der Waals surface area contributed by atoms with E-state index in [1.165, 1.54) is 0 Å². The second-order valence-electron chi connectivity index (χ2n) is 4.09. The Balaban J connectivity index is 2.64. The summed E-state index contributed by atoms with van der Waals surface area (Å²) in [7, 11) is 0. The molecule has 2 aromatic rings. The van der Waals surface area contributed by atoms with Gasteiger partial charge in [0.1, 0.15) is 5.69 Å². The van der Waals surface area contributed by atoms with Gasteiger partial charge in [-0.2, -0.15) is 0 Å². The molecule has 0 atom stereocenters. The van der Waals surface area contributed by atoms with Gasteiger partial charge in [-0.1, -0.05) is 46.5 Å². The summed E-state index contributed by atoms with van der Waals surface area (Å²) in [5, 5.41) is 4.63. The fraction of sp³-hybridized carbons (Fsp3) is 0.250. The van der Waals surface area contributed by atoms with Crippen LogP contribution in [0.4, 0.5) is 5.88 Å². The van der Waals surface area contributed by atoms with Gasteiger partial charge in [-0.25, -0.2) is 0 Å². The van der Waals surface area contributed by atoms with E-state index in [0.29, 0.717) is 16.6 Å². The zero-order valence-corrected chi connectivity index (χ0v) is 11.8. The third-order valence-corrected chi connectivity index (χ3v) is 3.34. The highest BCUT2D eigenvalue weighted by atomic mass is 79.9. The number of rotatable bonds is 2. The molecule has 0 fully saturated rings. The van der Waals surface area contributed by atoms with Gasteiger partial charge < -0.3 is 10.3 Å². The number of aromatic nitrogens is 1. The number of nitrogen functional groups attached to an aromatic ring is 1. The van der Waals surface area contributed by atoms with E-state index in [9.17, 15) is 0 Å². The van der Waals surface area contributed by atoms with Crippen LogP contribution in [-0.4, -0.2) is 5.16 Å². The van der Waals surface area contributed by atoms with Gasteiger partial charge in [0.15, 0.2) is 0 Å². The van der Waals surface area contributed by atoms with Crippen LogP contribution in [-0.2, 0) is 0 Å². The fourth-order valence-corrected chi connectivity index (χ4v) is 2.31. The molecule has 0 bridgehead atoms. The quantitative estimate of drug-likeness (QED) is 0.890. The number of hydrogen-bond donors (Lipinski definition) is 1. The molecule has 0 saturated carbocycles. The van der Waals surface area contributed by atoms with Crippen LogP contribution in [0.5, 0.6) is 0 Å². The van der Waals surface area contributed by atoms with E-state index in [1.54, 1.807) is 0 Å². The van der Waals surface area contributed by atoms with E-state index in [4.69, 9.17) is 21.9 Å². The molecule has 1 aromatic heterocycles. The highest BCUT2D eigenvalue weighted by Crippen LogP contribution is 2.37. The SMILES string of the molecule is CC(C)c1c(-c2cc(Br)ccc2Cl)noc1N. The summed E-state index contributed by atoms with van der Waals surface area (Å²) in [5.74, 6) is 0.581. The van der Waals surface area contributed by atoms with E-state index >= 15 is 0 Å². The summed E-state index contributed by atoms with van der Waals surface area (Å²) < 4.78 is 6.00. The Morgan fingerprint density at radius 3 is 2.76 bits per heavy atom. The Morgan fingerprint density at radius 2 is 2.12 bits per heavy atom. The number of halogens is 2. The Kier molecular flexibility index (Phi) is 3.45. The molecule has 0 aliphatic rings. The van der Waals surface area contributed by atoms with Crippen LogP contribution in [0, 0.1) is 0 Å². The Bertz CT molecular complexity index is 551. The van der Waals surface area contributed by atoms with Crippen LogP contribution in [0.25, 0.3) is 11.3 Å². The van der Waals surface area contributed by atoms with Gasteiger partial charge in [0.25, 0.3) is 0 Å². The number of nitrogens with two attached hydrogens (primary N) is 1. The molecule has 2 N–H and O–H groups in total. The van der Waals surface area contributed by atoms with E-state index in [2.05, 4.69) is 21.1 Å². The summed E-state index contributed by atoms with van der Waals surface area (Å²) >= 11 is 9.59. The van der Waals surface area contributed by atoms with Gasteiger partial charge in [-0.15, -0.1) is 0 Å². The second-order valence-corrected chi connectivity index (χ2v) is 5.41. The first-order chi connectivity index (χ1) is 8.00. The van der Waals surface area contributed by atoms with Crippen molar-refractivity contribution in [2.45, 2.75) is 19.8 Å². The molecule has 0 amide bonds. The smallest absolute Gasteiger partial charge is 0.226 e. The molecule has 0 saturated heterocycles. The van der Waals surface area contributed by atoms with Gasteiger partial charge in [0.2, 0.25) is 5.88 Å². The van der Waals surface area contributed by atoms with Crippen LogP contribution in [0.2, 0.25) is 5.02 Å². The van der Waals surface area contributed by atoms with Crippen molar-refractivity contribution < 1.29 is 4.52 Å². The first-order valence-corrected chi connectivity index (χ1v) is 6.38. The molecule has 3 nitrogen and oxygen atoms in total. The van der Waals surface area contributed by atoms with Gasteiger partial charge in [-0.05, 0) is 24.1 Å². The minimum absolute atomic E-state index is 0.228. The lowest BCUT2D eigenvalue weighted by atomic mass is 9.99. The molecular weight excluding hydrogens is 304 g/mol. The molecular formula is C12H12BrClN2O. The molecule has 0 unspecified atom stereocenters. The Hall–Kier alpha value is -1.00. The topological polar surface area (TPSA) is 52.0 Å². The van der Waals surface area contributed by atoms with E-state index in [0.717, 1.165) is 15.6 Å². The summed E-state index contributed by atoms with van der Waals surface area (Å²) in [4.78, 5) is 0. The molecule has 17 heavy (non-hydrogen) atoms. The summed E-state index contributed by atoms with van der Waals surface area (Å²) in [6.07, 6.45) is 0. The molecule has 1 heterocycles. The first kappa shape index (κ1) is 12.5. The minimum atomic E-state index is 0.228. The average Bonchev–Trinajstić information content (AvgIpc) is 2.64. The predicted octanol–water partition coefficient (Wildman–Crippen LogP) is 4.46. The van der Waals surface area contributed by atoms with Crippen LogP contribution < -0.4 is 5.73 Å². The van der Waals surface area contributed by atoms with Crippen molar-refractivity contribution in [1.82, 2.24) is 5.16 Å². The lowest BCUT2D eigenvalue weighted by molar-refractivity contribution is 0.438. The normalized spacial score (nSPS) is 11.1. The lowest BCUT2D eigenvalue weighted by Gasteiger charge is -2.07. The lowest BCUT2D eigenvalue weighted by Crippen LogP contribution is -1.95. The van der Waals surface area contributed by atoms with Gasteiger partial charge in [0, 0.05) is 15.6 Å². The van der Waals surface area contributed by atoms with Crippen molar-refractivity contribution in [1.29, 1.82) is 0 Å². The minimum Gasteiger partial charge on any atom is -0.367 e. The van der Waals surface area contributed by atoms with Crippen molar-refractivity contribution in [2.24, 2.45) is 0 Å². The Labute approximate surface area is 113 Å². The molecule has 0 radical (unpaired) electrons. The maximum absolute atomic E-state index is 6.17. The fourth-order valence-electron chi connectivity index (χ4n) is 1.74. The molecule has 2 rings (SSSR count). The Morgan fingerprint density at radius 1 is 1.41 bits per heavy atom. The number of hydrogen-bond acceptors (Lipinski definition) is 3. The van der Waals surface area contributed by atoms with Crippen molar-refractivity contribution in [3.63, 3.8) is 0 Å². The highest BCUT2D eigenvalue weighted by molar-refractivity contribution is 9.10. The summed E-state index contributed by atoms with van der Waals surface area (Å²) in [5.41, 5.74) is 8.21. The van der Waals surface area contributed by atoms with Crippen molar-refractivity contribution in [3.05, 3.63) is 33.3 Å². The third kappa shape index (κ3) is 2.33. The van der Waals surface area contributed by atoms with Gasteiger partial charge in [-0.3, -0.25) is 0 Å². The molecule has 1 aromatic carbocycles. The number of nitrogens with zero attached hydrogens (tertiary/aromatic N) is 1. The van der Waals surface area contributed by atoms with Crippen LogP contribution >= 0.6 is 27.5 Å². The van der Waals surface area contributed by atoms with Crippen LogP contribution in [0.3, 0.4) is 0 Å². The number of anilines is 1. The van der Waals surface area contributed by atoms with Crippen LogP contribution in [0.1, 0.15) is 25.3 Å². The van der Waals surface area contributed by atoms with Crippen LogP contribution in [0.15, 0.2) is 27.2 Å². The molecule has 0 spiro atoms. The second kappa shape index (κ2) is 4.70. The van der Waals surface area contributed by atoms with Gasteiger partial charge >= 0.3 is 0 Å². The summed E-state index contributed by atoms with van der Waals surface area (Å²) in [6.45, 7) is 4.08. The first-order valence-electron chi connectivity index (χ1n) is 5.21. The van der Waals surface area contributed by atoms with Crippen molar-refractivity contribution in [2.75, 3.05) is 5.73 Å². The van der Waals surface area contributed by atoms with E-state index in [-0.39, 0.29) is 5.92 Å². The highest BCUT2D eigenvalue weighted by Gasteiger charge is 2.20. The number of benzene rings is 1. The van der Waals surface area contributed by atoms with Crippen molar-refractivity contribution >= 4 is 33.4 Å². The zero-order chi connectivity index (χ0) is 12.6. The molecule has 90 valence electrons. The standard InChI is InChI=1S/C12H12BrClN2O/c1-6(2)10-11(16-17-12(10)15)8-5-7(13)3-4-9(8)14/h3-6H,15H2,1-2H3. The van der Waals surface area contributed by atoms with Gasteiger partial charge in [0.05, 0.1) is 5.02 Å². The molecule has 5 heteroatoms. The van der Waals surface area contributed by atoms with E-state index in [1.807, 2.05) is 32.0 Å². The largest absolute Gasteiger partial charge is 0.367 e. The maximum Gasteiger partial charge on any atom is 0.226 e.